The summed E-state index contributed by atoms with van der Waals surface area (Å²) in [6, 6.07) is 0. The van der Waals surface area contributed by atoms with Crippen LogP contribution in [0.5, 0.6) is 0 Å². The molecule has 0 aliphatic heterocycles. The zero-order chi connectivity index (χ0) is 25.3. The van der Waals surface area contributed by atoms with Crippen molar-refractivity contribution in [3.63, 3.8) is 0 Å². The van der Waals surface area contributed by atoms with Crippen molar-refractivity contribution in [3.8, 4) is 0 Å². The molecule has 2 atom stereocenters. The van der Waals surface area contributed by atoms with E-state index in [0.29, 0.717) is 6.61 Å². The lowest BCUT2D eigenvalue weighted by molar-refractivity contribution is -0.181. The Morgan fingerprint density at radius 3 is 1.41 bits per heavy atom. The number of methoxy groups -OCH3 is 1. The number of carbonyl (C=O) groups is 2. The lowest BCUT2D eigenvalue weighted by Crippen LogP contribution is -2.45. The fraction of sp³-hybridized carbons (Fsp3) is 0.926. The van der Waals surface area contributed by atoms with Crippen molar-refractivity contribution in [2.24, 2.45) is 0 Å². The lowest BCUT2D eigenvalue weighted by Gasteiger charge is -2.23. The van der Waals surface area contributed by atoms with Crippen LogP contribution in [-0.4, -0.2) is 62.8 Å². The van der Waals surface area contributed by atoms with Gasteiger partial charge in [-0.05, 0) is 12.8 Å². The molecule has 202 valence electrons. The second-order valence-corrected chi connectivity index (χ2v) is 9.03. The molecule has 0 bridgehead atoms. The molecule has 0 saturated heterocycles. The smallest absolute Gasteiger partial charge is 0.338 e. The van der Waals surface area contributed by atoms with Crippen molar-refractivity contribution in [1.82, 2.24) is 0 Å². The van der Waals surface area contributed by atoms with Gasteiger partial charge in [0.1, 0.15) is 6.61 Å². The Morgan fingerprint density at radius 1 is 0.588 bits per heavy atom. The molecule has 0 saturated carbocycles. The highest BCUT2D eigenvalue weighted by Crippen LogP contribution is 2.14. The van der Waals surface area contributed by atoms with Gasteiger partial charge in [0, 0.05) is 20.3 Å². The van der Waals surface area contributed by atoms with Gasteiger partial charge < -0.3 is 24.1 Å². The Morgan fingerprint density at radius 2 is 1.00 bits per heavy atom. The van der Waals surface area contributed by atoms with Crippen molar-refractivity contribution >= 4 is 11.9 Å². The monoisotopic (exact) mass is 488 g/mol. The average Bonchev–Trinajstić information content (AvgIpc) is 2.82. The van der Waals surface area contributed by atoms with Gasteiger partial charge in [-0.3, -0.25) is 0 Å². The first-order valence-electron chi connectivity index (χ1n) is 13.7. The predicted octanol–water partition coefficient (Wildman–Crippen LogP) is 6.31. The number of carbonyl (C=O) groups excluding carboxylic acids is 1. The molecular formula is C27H52O7. The van der Waals surface area contributed by atoms with Crippen molar-refractivity contribution in [2.75, 3.05) is 33.5 Å². The van der Waals surface area contributed by atoms with Crippen LogP contribution < -0.4 is 0 Å². The third-order valence-corrected chi connectivity index (χ3v) is 5.87. The van der Waals surface area contributed by atoms with Crippen LogP contribution in [0.15, 0.2) is 0 Å². The molecule has 1 N–H and O–H groups in total. The summed E-state index contributed by atoms with van der Waals surface area (Å²) >= 11 is 0. The van der Waals surface area contributed by atoms with E-state index in [1.807, 2.05) is 0 Å². The van der Waals surface area contributed by atoms with Crippen molar-refractivity contribution in [2.45, 2.75) is 129 Å². The molecule has 0 spiro atoms. The number of carboxylic acids is 1. The summed E-state index contributed by atoms with van der Waals surface area (Å²) in [4.78, 5) is 24.4. The molecule has 0 aliphatic carbocycles. The van der Waals surface area contributed by atoms with Crippen LogP contribution in [0.4, 0.5) is 0 Å². The van der Waals surface area contributed by atoms with Gasteiger partial charge in [-0.1, -0.05) is 104 Å². The highest BCUT2D eigenvalue weighted by Gasteiger charge is 2.37. The molecule has 0 aromatic rings. The molecule has 0 rings (SSSR count). The van der Waals surface area contributed by atoms with E-state index >= 15 is 0 Å². The molecule has 34 heavy (non-hydrogen) atoms. The van der Waals surface area contributed by atoms with Gasteiger partial charge in [0.15, 0.2) is 12.2 Å². The Bertz CT molecular complexity index is 470. The molecule has 0 fully saturated rings. The van der Waals surface area contributed by atoms with E-state index in [2.05, 4.69) is 13.8 Å². The molecule has 0 aromatic carbocycles. The molecule has 7 nitrogen and oxygen atoms in total. The fourth-order valence-electron chi connectivity index (χ4n) is 3.77. The Hall–Kier alpha value is -1.18. The molecule has 0 heterocycles. The van der Waals surface area contributed by atoms with E-state index in [4.69, 9.17) is 18.9 Å². The summed E-state index contributed by atoms with van der Waals surface area (Å²) in [5.74, 6) is -1.91. The van der Waals surface area contributed by atoms with Gasteiger partial charge in [-0.15, -0.1) is 0 Å². The minimum atomic E-state index is -1.37. The van der Waals surface area contributed by atoms with Crippen LogP contribution >= 0.6 is 0 Å². The standard InChI is InChI=1S/C27H52O7/c1-4-6-8-10-12-14-16-18-20-32-24(26(28)29)25(27(30)34-23-22-31-3)33-21-19-17-15-13-11-9-7-5-2/h24-25H,4-23H2,1-3H3,(H,28,29). The maximum atomic E-state index is 12.5. The van der Waals surface area contributed by atoms with E-state index in [-0.39, 0.29) is 19.8 Å². The minimum absolute atomic E-state index is 0.0529. The highest BCUT2D eigenvalue weighted by atomic mass is 16.6. The first kappa shape index (κ1) is 32.8. The van der Waals surface area contributed by atoms with Gasteiger partial charge >= 0.3 is 11.9 Å². The van der Waals surface area contributed by atoms with Gasteiger partial charge in [-0.25, -0.2) is 9.59 Å². The normalized spacial score (nSPS) is 13.0. The summed E-state index contributed by atoms with van der Waals surface area (Å²) in [5.41, 5.74) is 0. The summed E-state index contributed by atoms with van der Waals surface area (Å²) in [6.45, 7) is 5.30. The largest absolute Gasteiger partial charge is 0.479 e. The third kappa shape index (κ3) is 19.2. The van der Waals surface area contributed by atoms with Gasteiger partial charge in [-0.2, -0.15) is 0 Å². The van der Waals surface area contributed by atoms with Gasteiger partial charge in [0.25, 0.3) is 0 Å². The average molecular weight is 489 g/mol. The summed E-state index contributed by atoms with van der Waals surface area (Å²) in [5, 5.41) is 9.69. The van der Waals surface area contributed by atoms with E-state index in [1.54, 1.807) is 0 Å². The van der Waals surface area contributed by atoms with Crippen LogP contribution in [0.2, 0.25) is 0 Å². The zero-order valence-electron chi connectivity index (χ0n) is 22.2. The Balaban J connectivity index is 4.45. The molecule has 2 unspecified atom stereocenters. The second-order valence-electron chi connectivity index (χ2n) is 9.03. The van der Waals surface area contributed by atoms with Crippen LogP contribution in [-0.2, 0) is 28.5 Å². The third-order valence-electron chi connectivity index (χ3n) is 5.87. The Labute approximate surface area is 208 Å². The van der Waals surface area contributed by atoms with E-state index in [1.165, 1.54) is 71.3 Å². The summed E-state index contributed by atoms with van der Waals surface area (Å²) in [6.07, 6.45) is 15.6. The SMILES string of the molecule is CCCCCCCCCCOC(C(=O)O)C(OCCCCCCCCCC)C(=O)OCCOC. The molecule has 0 aliphatic rings. The fourth-order valence-corrected chi connectivity index (χ4v) is 3.77. The molecule has 7 heteroatoms. The zero-order valence-corrected chi connectivity index (χ0v) is 22.2. The summed E-state index contributed by atoms with van der Waals surface area (Å²) in [7, 11) is 1.51. The predicted molar refractivity (Wildman–Crippen MR) is 135 cm³/mol. The minimum Gasteiger partial charge on any atom is -0.479 e. The van der Waals surface area contributed by atoms with Crippen molar-refractivity contribution in [3.05, 3.63) is 0 Å². The molecule has 0 aromatic heterocycles. The Kier molecular flexibility index (Phi) is 24.1. The highest BCUT2D eigenvalue weighted by molar-refractivity contribution is 5.84. The van der Waals surface area contributed by atoms with Crippen LogP contribution in [0.3, 0.4) is 0 Å². The summed E-state index contributed by atoms with van der Waals surface area (Å²) < 4.78 is 21.4. The van der Waals surface area contributed by atoms with Crippen molar-refractivity contribution in [1.29, 1.82) is 0 Å². The number of rotatable bonds is 26. The number of unbranched alkanes of at least 4 members (excludes halogenated alkanes) is 14. The van der Waals surface area contributed by atoms with Gasteiger partial charge in [0.2, 0.25) is 0 Å². The number of hydrogen-bond acceptors (Lipinski definition) is 6. The van der Waals surface area contributed by atoms with Crippen LogP contribution in [0.25, 0.3) is 0 Å². The quantitative estimate of drug-likeness (QED) is 0.113. The van der Waals surface area contributed by atoms with Crippen LogP contribution in [0, 0.1) is 0 Å². The molecule has 0 radical (unpaired) electrons. The number of esters is 1. The first-order valence-corrected chi connectivity index (χ1v) is 13.7. The topological polar surface area (TPSA) is 91.3 Å². The lowest BCUT2D eigenvalue weighted by atomic mass is 10.1. The number of aliphatic carboxylic acids is 1. The molecule has 0 amide bonds. The number of ether oxygens (including phenoxy) is 4. The van der Waals surface area contributed by atoms with E-state index < -0.39 is 24.1 Å². The number of carboxylic acid groups (broad SMARTS) is 1. The second kappa shape index (κ2) is 24.9. The number of hydrogen-bond donors (Lipinski definition) is 1. The van der Waals surface area contributed by atoms with Crippen molar-refractivity contribution < 1.29 is 33.6 Å². The first-order chi connectivity index (χ1) is 16.6. The van der Waals surface area contributed by atoms with E-state index in [0.717, 1.165) is 38.5 Å². The maximum Gasteiger partial charge on any atom is 0.338 e. The van der Waals surface area contributed by atoms with Crippen LogP contribution in [0.1, 0.15) is 117 Å². The maximum absolute atomic E-state index is 12.5. The molecular weight excluding hydrogens is 436 g/mol. The van der Waals surface area contributed by atoms with Gasteiger partial charge in [0.05, 0.1) is 6.61 Å². The van der Waals surface area contributed by atoms with E-state index in [9.17, 15) is 14.7 Å².